The van der Waals surface area contributed by atoms with Gasteiger partial charge in [-0.05, 0) is 52.2 Å². The van der Waals surface area contributed by atoms with E-state index in [0.29, 0.717) is 19.5 Å². The zero-order valence-electron chi connectivity index (χ0n) is 19.1. The zero-order valence-corrected chi connectivity index (χ0v) is 19.1. The predicted octanol–water partition coefficient (Wildman–Crippen LogP) is 4.32. The van der Waals surface area contributed by atoms with Crippen molar-refractivity contribution in [3.63, 3.8) is 0 Å². The first-order chi connectivity index (χ1) is 14.9. The monoisotopic (exact) mass is 419 g/mol. The molecule has 2 fully saturated rings. The van der Waals surface area contributed by atoms with Crippen LogP contribution in [0.2, 0.25) is 0 Å². The number of benzene rings is 1. The van der Waals surface area contributed by atoms with Crippen LogP contribution in [0.1, 0.15) is 46.1 Å². The third-order valence-corrected chi connectivity index (χ3v) is 6.44. The number of aromatic nitrogens is 1. The maximum Gasteiger partial charge on any atom is 0.246 e. The number of fused-ring (bicyclic) bond motifs is 2. The van der Waals surface area contributed by atoms with Crippen LogP contribution in [0.15, 0.2) is 53.8 Å². The summed E-state index contributed by atoms with van der Waals surface area (Å²) in [6.07, 6.45) is 8.67. The molecule has 2 aliphatic rings. The van der Waals surface area contributed by atoms with Crippen LogP contribution in [0.3, 0.4) is 0 Å². The highest BCUT2D eigenvalue weighted by molar-refractivity contribution is 5.98. The van der Waals surface area contributed by atoms with Crippen molar-refractivity contribution in [1.29, 1.82) is 0 Å². The Hall–Kier alpha value is -2.82. The summed E-state index contributed by atoms with van der Waals surface area (Å²) in [6, 6.07) is 7.63. The summed E-state index contributed by atoms with van der Waals surface area (Å²) < 4.78 is 2.24. The average Bonchev–Trinajstić information content (AvgIpc) is 3.35. The van der Waals surface area contributed by atoms with Gasteiger partial charge in [-0.1, -0.05) is 41.5 Å². The minimum absolute atomic E-state index is 0.102. The maximum absolute atomic E-state index is 13.5. The van der Waals surface area contributed by atoms with E-state index in [1.54, 1.807) is 0 Å². The molecule has 2 atom stereocenters. The molecule has 5 heteroatoms. The topological polar surface area (TPSA) is 45.6 Å². The quantitative estimate of drug-likeness (QED) is 0.655. The number of carbonyl (C=O) groups is 2. The first-order valence-corrected chi connectivity index (χ1v) is 11.3. The highest BCUT2D eigenvalue weighted by atomic mass is 16.2. The number of para-hydroxylation sites is 1. The van der Waals surface area contributed by atoms with Crippen molar-refractivity contribution in [2.75, 3.05) is 13.1 Å². The van der Waals surface area contributed by atoms with Gasteiger partial charge in [0.1, 0.15) is 12.1 Å². The Morgan fingerprint density at radius 1 is 1.00 bits per heavy atom. The second kappa shape index (κ2) is 8.74. The van der Waals surface area contributed by atoms with E-state index in [4.69, 9.17) is 0 Å². The van der Waals surface area contributed by atoms with E-state index in [9.17, 15) is 9.59 Å². The van der Waals surface area contributed by atoms with Crippen molar-refractivity contribution in [2.45, 2.75) is 65.6 Å². The van der Waals surface area contributed by atoms with E-state index in [2.05, 4.69) is 55.0 Å². The van der Waals surface area contributed by atoms with Gasteiger partial charge < -0.3 is 14.4 Å². The number of piperazine rings is 1. The van der Waals surface area contributed by atoms with E-state index < -0.39 is 6.04 Å². The molecule has 1 aromatic heterocycles. The van der Waals surface area contributed by atoms with Crippen LogP contribution in [0.5, 0.6) is 0 Å². The van der Waals surface area contributed by atoms with Crippen LogP contribution in [0.4, 0.5) is 0 Å². The third kappa shape index (κ3) is 4.18. The van der Waals surface area contributed by atoms with Gasteiger partial charge in [0, 0.05) is 43.2 Å². The van der Waals surface area contributed by atoms with Gasteiger partial charge in [0.25, 0.3) is 0 Å². The van der Waals surface area contributed by atoms with Crippen molar-refractivity contribution in [2.24, 2.45) is 0 Å². The molecule has 1 aromatic carbocycles. The van der Waals surface area contributed by atoms with E-state index in [0.717, 1.165) is 35.9 Å². The van der Waals surface area contributed by atoms with Crippen molar-refractivity contribution in [3.8, 4) is 0 Å². The molecular formula is C26H33N3O2. The molecule has 4 rings (SSSR count). The molecule has 2 aliphatic heterocycles. The lowest BCUT2D eigenvalue weighted by molar-refractivity contribution is -0.158. The van der Waals surface area contributed by atoms with E-state index in [1.807, 2.05) is 29.7 Å². The number of allylic oxidation sites excluding steroid dienone is 3. The summed E-state index contributed by atoms with van der Waals surface area (Å²) in [5, 5.41) is 1.16. The van der Waals surface area contributed by atoms with Gasteiger partial charge in [-0.3, -0.25) is 9.59 Å². The number of hydrogen-bond donors (Lipinski definition) is 0. The maximum atomic E-state index is 13.5. The highest BCUT2D eigenvalue weighted by Crippen LogP contribution is 2.31. The molecule has 0 radical (unpaired) electrons. The SMILES string of the molecule is CC(C)=CCN1C(=O)C2CCCN2C(=O)C1Cc1cn(CC=C(C)C)c2ccccc12. The Kier molecular flexibility index (Phi) is 6.03. The van der Waals surface area contributed by atoms with Crippen molar-refractivity contribution >= 4 is 22.7 Å². The first-order valence-electron chi connectivity index (χ1n) is 11.3. The van der Waals surface area contributed by atoms with E-state index in [1.165, 1.54) is 11.1 Å². The molecule has 5 nitrogen and oxygen atoms in total. The Labute approximate surface area is 185 Å². The second-order valence-corrected chi connectivity index (χ2v) is 9.29. The molecule has 164 valence electrons. The Morgan fingerprint density at radius 3 is 2.45 bits per heavy atom. The molecule has 0 spiro atoms. The standard InChI is InChI=1S/C26H33N3O2/c1-18(2)11-14-27-17-20(21-8-5-6-9-22(21)27)16-24-26(31)28-13-7-10-23(28)25(30)29(24)15-12-19(3)4/h5-6,8-9,11-12,17,23-24H,7,10,13-16H2,1-4H3. The highest BCUT2D eigenvalue weighted by Gasteiger charge is 2.47. The Bertz CT molecular complexity index is 1050. The van der Waals surface area contributed by atoms with Crippen LogP contribution in [-0.4, -0.2) is 51.4 Å². The molecule has 2 unspecified atom stereocenters. The van der Waals surface area contributed by atoms with Gasteiger partial charge in [0.2, 0.25) is 11.8 Å². The number of nitrogens with zero attached hydrogens (tertiary/aromatic N) is 3. The molecule has 31 heavy (non-hydrogen) atoms. The van der Waals surface area contributed by atoms with E-state index >= 15 is 0 Å². The molecule has 2 amide bonds. The number of hydrogen-bond acceptors (Lipinski definition) is 2. The van der Waals surface area contributed by atoms with Gasteiger partial charge in [-0.25, -0.2) is 0 Å². The normalized spacial score (nSPS) is 20.9. The lowest BCUT2D eigenvalue weighted by Gasteiger charge is -2.42. The van der Waals surface area contributed by atoms with Crippen molar-refractivity contribution in [1.82, 2.24) is 14.4 Å². The summed E-state index contributed by atoms with van der Waals surface area (Å²) in [7, 11) is 0. The van der Waals surface area contributed by atoms with E-state index in [-0.39, 0.29) is 17.9 Å². The molecule has 0 N–H and O–H groups in total. The lowest BCUT2D eigenvalue weighted by Crippen LogP contribution is -2.63. The first kappa shape index (κ1) is 21.4. The summed E-state index contributed by atoms with van der Waals surface area (Å²) in [6.45, 7) is 10.3. The Morgan fingerprint density at radius 2 is 1.71 bits per heavy atom. The fraction of sp³-hybridized carbons (Fsp3) is 0.462. The van der Waals surface area contributed by atoms with Crippen molar-refractivity contribution in [3.05, 3.63) is 59.3 Å². The summed E-state index contributed by atoms with van der Waals surface area (Å²) in [5.41, 5.74) is 4.73. The summed E-state index contributed by atoms with van der Waals surface area (Å²) >= 11 is 0. The fourth-order valence-corrected chi connectivity index (χ4v) is 4.78. The van der Waals surface area contributed by atoms with Crippen LogP contribution in [0.25, 0.3) is 10.9 Å². The Balaban J connectivity index is 1.71. The average molecular weight is 420 g/mol. The molecule has 0 aliphatic carbocycles. The smallest absolute Gasteiger partial charge is 0.246 e. The number of carbonyl (C=O) groups excluding carboxylic acids is 2. The third-order valence-electron chi connectivity index (χ3n) is 6.44. The predicted molar refractivity (Wildman–Crippen MR) is 125 cm³/mol. The van der Waals surface area contributed by atoms with Crippen molar-refractivity contribution < 1.29 is 9.59 Å². The fourth-order valence-electron chi connectivity index (χ4n) is 4.78. The minimum atomic E-state index is -0.444. The second-order valence-electron chi connectivity index (χ2n) is 9.29. The molecule has 0 saturated carbocycles. The summed E-state index contributed by atoms with van der Waals surface area (Å²) in [4.78, 5) is 30.4. The zero-order chi connectivity index (χ0) is 22.1. The van der Waals surface area contributed by atoms with Gasteiger partial charge >= 0.3 is 0 Å². The van der Waals surface area contributed by atoms with Gasteiger partial charge in [0.15, 0.2) is 0 Å². The van der Waals surface area contributed by atoms with Crippen LogP contribution in [0, 0.1) is 0 Å². The molecule has 0 bridgehead atoms. The van der Waals surface area contributed by atoms with Crippen LogP contribution >= 0.6 is 0 Å². The number of amides is 2. The lowest BCUT2D eigenvalue weighted by atomic mass is 9.98. The summed E-state index contributed by atoms with van der Waals surface area (Å²) in [5.74, 6) is 0.207. The molecule has 2 aromatic rings. The van der Waals surface area contributed by atoms with Crippen LogP contribution < -0.4 is 0 Å². The van der Waals surface area contributed by atoms with Gasteiger partial charge in [-0.15, -0.1) is 0 Å². The van der Waals surface area contributed by atoms with Gasteiger partial charge in [-0.2, -0.15) is 0 Å². The molecule has 3 heterocycles. The van der Waals surface area contributed by atoms with Crippen LogP contribution in [-0.2, 0) is 22.6 Å². The molecule has 2 saturated heterocycles. The largest absolute Gasteiger partial charge is 0.343 e. The van der Waals surface area contributed by atoms with Gasteiger partial charge in [0.05, 0.1) is 0 Å². The number of rotatable bonds is 6. The molecular weight excluding hydrogens is 386 g/mol. The minimum Gasteiger partial charge on any atom is -0.343 e.